The third-order valence-electron chi connectivity index (χ3n) is 4.15. The van der Waals surface area contributed by atoms with Crippen LogP contribution in [-0.2, 0) is 9.53 Å². The average Bonchev–Trinajstić information content (AvgIpc) is 2.57. The van der Waals surface area contributed by atoms with Crippen molar-refractivity contribution in [3.8, 4) is 0 Å². The number of carbonyl (C=O) groups excluding carboxylic acids is 1. The number of carbonyl (C=O) groups is 1. The molecule has 2 rings (SSSR count). The predicted octanol–water partition coefficient (Wildman–Crippen LogP) is 1.86. The molecular formula is C17H27ClFN3O2. The summed E-state index contributed by atoms with van der Waals surface area (Å²) in [6, 6.07) is 5.97. The molecule has 0 radical (unpaired) electrons. The second-order valence-corrected chi connectivity index (χ2v) is 5.86. The van der Waals surface area contributed by atoms with E-state index in [4.69, 9.17) is 10.5 Å². The third-order valence-corrected chi connectivity index (χ3v) is 4.15. The van der Waals surface area contributed by atoms with E-state index in [1.807, 2.05) is 6.92 Å². The second-order valence-electron chi connectivity index (χ2n) is 5.86. The van der Waals surface area contributed by atoms with Gasteiger partial charge in [0, 0.05) is 19.6 Å². The summed E-state index contributed by atoms with van der Waals surface area (Å²) in [4.78, 5) is 14.3. The van der Waals surface area contributed by atoms with Crippen molar-refractivity contribution >= 4 is 18.3 Å². The van der Waals surface area contributed by atoms with Crippen LogP contribution in [-0.4, -0.2) is 49.7 Å². The summed E-state index contributed by atoms with van der Waals surface area (Å²) < 4.78 is 18.6. The maximum Gasteiger partial charge on any atom is 0.236 e. The number of amides is 1. The van der Waals surface area contributed by atoms with Crippen LogP contribution in [0.5, 0.6) is 0 Å². The summed E-state index contributed by atoms with van der Waals surface area (Å²) in [5.41, 5.74) is 6.84. The van der Waals surface area contributed by atoms with E-state index in [1.165, 1.54) is 12.1 Å². The molecule has 2 atom stereocenters. The van der Waals surface area contributed by atoms with Gasteiger partial charge in [-0.2, -0.15) is 0 Å². The van der Waals surface area contributed by atoms with Crippen LogP contribution in [0.1, 0.15) is 31.4 Å². The van der Waals surface area contributed by atoms with Gasteiger partial charge < -0.3 is 15.8 Å². The Balaban J connectivity index is 0.00000288. The number of nitrogens with two attached hydrogens (primary N) is 1. The van der Waals surface area contributed by atoms with Gasteiger partial charge in [0.05, 0.1) is 25.3 Å². The molecule has 0 saturated carbocycles. The first kappa shape index (κ1) is 20.8. The van der Waals surface area contributed by atoms with E-state index in [-0.39, 0.29) is 30.2 Å². The normalized spacial score (nSPS) is 17.6. The topological polar surface area (TPSA) is 67.6 Å². The van der Waals surface area contributed by atoms with Crippen molar-refractivity contribution < 1.29 is 13.9 Å². The van der Waals surface area contributed by atoms with E-state index in [1.54, 1.807) is 12.1 Å². The molecular weight excluding hydrogens is 333 g/mol. The lowest BCUT2D eigenvalue weighted by Crippen LogP contribution is -2.47. The van der Waals surface area contributed by atoms with Gasteiger partial charge in [0.2, 0.25) is 5.91 Å². The number of hydrogen-bond acceptors (Lipinski definition) is 4. The van der Waals surface area contributed by atoms with Gasteiger partial charge in [-0.25, -0.2) is 4.39 Å². The smallest absolute Gasteiger partial charge is 0.236 e. The van der Waals surface area contributed by atoms with Crippen LogP contribution in [0.2, 0.25) is 0 Å². The molecule has 2 unspecified atom stereocenters. The minimum atomic E-state index is -0.474. The van der Waals surface area contributed by atoms with Crippen molar-refractivity contribution in [1.29, 1.82) is 0 Å². The summed E-state index contributed by atoms with van der Waals surface area (Å²) >= 11 is 0. The number of benzene rings is 1. The molecule has 3 N–H and O–H groups in total. The van der Waals surface area contributed by atoms with Gasteiger partial charge in [-0.1, -0.05) is 25.5 Å². The molecule has 1 saturated heterocycles. The SMILES string of the molecule is CCCC(N)C(=O)NCC(c1ccc(F)cc1)N1CCOCC1.Cl. The van der Waals surface area contributed by atoms with E-state index in [0.29, 0.717) is 26.2 Å². The maximum absolute atomic E-state index is 13.2. The van der Waals surface area contributed by atoms with Gasteiger partial charge in [0.25, 0.3) is 0 Å². The van der Waals surface area contributed by atoms with Gasteiger partial charge in [-0.15, -0.1) is 12.4 Å². The standard InChI is InChI=1S/C17H26FN3O2.ClH/c1-2-3-15(19)17(22)20-12-16(21-8-10-23-11-9-21)13-4-6-14(18)7-5-13;/h4-7,15-16H,2-3,8-12,19H2,1H3,(H,20,22);1H. The van der Waals surface area contributed by atoms with Crippen LogP contribution in [0, 0.1) is 5.82 Å². The van der Waals surface area contributed by atoms with Crippen molar-refractivity contribution in [3.05, 3.63) is 35.6 Å². The number of hydrogen-bond donors (Lipinski definition) is 2. The Kier molecular flexibility index (Phi) is 9.21. The zero-order chi connectivity index (χ0) is 16.7. The molecule has 1 heterocycles. The van der Waals surface area contributed by atoms with E-state index < -0.39 is 6.04 Å². The number of nitrogens with one attached hydrogen (secondary N) is 1. The molecule has 5 nitrogen and oxygen atoms in total. The van der Waals surface area contributed by atoms with Crippen molar-refractivity contribution in [2.24, 2.45) is 5.73 Å². The van der Waals surface area contributed by atoms with Gasteiger partial charge in [0.1, 0.15) is 5.82 Å². The second kappa shape index (κ2) is 10.6. The Bertz CT molecular complexity index is 495. The van der Waals surface area contributed by atoms with Crippen LogP contribution in [0.4, 0.5) is 4.39 Å². The molecule has 1 aromatic carbocycles. The van der Waals surface area contributed by atoms with Crippen molar-refractivity contribution in [1.82, 2.24) is 10.2 Å². The Morgan fingerprint density at radius 2 is 1.96 bits per heavy atom. The molecule has 1 fully saturated rings. The van der Waals surface area contributed by atoms with Crippen LogP contribution in [0.15, 0.2) is 24.3 Å². The molecule has 0 spiro atoms. The molecule has 7 heteroatoms. The lowest BCUT2D eigenvalue weighted by Gasteiger charge is -2.35. The lowest BCUT2D eigenvalue weighted by molar-refractivity contribution is -0.122. The predicted molar refractivity (Wildman–Crippen MR) is 94.7 cm³/mol. The molecule has 1 amide bonds. The van der Waals surface area contributed by atoms with Crippen LogP contribution in [0.3, 0.4) is 0 Å². The number of ether oxygens (including phenoxy) is 1. The molecule has 24 heavy (non-hydrogen) atoms. The molecule has 0 aliphatic carbocycles. The highest BCUT2D eigenvalue weighted by Crippen LogP contribution is 2.21. The van der Waals surface area contributed by atoms with Crippen molar-refractivity contribution in [2.75, 3.05) is 32.8 Å². The number of rotatable bonds is 7. The van der Waals surface area contributed by atoms with Gasteiger partial charge in [-0.3, -0.25) is 9.69 Å². The zero-order valence-electron chi connectivity index (χ0n) is 14.0. The largest absolute Gasteiger partial charge is 0.379 e. The Hall–Kier alpha value is -1.21. The molecule has 1 aliphatic rings. The Morgan fingerprint density at radius 3 is 2.54 bits per heavy atom. The molecule has 0 bridgehead atoms. The Labute approximate surface area is 149 Å². The fraction of sp³-hybridized carbons (Fsp3) is 0.588. The van der Waals surface area contributed by atoms with Gasteiger partial charge >= 0.3 is 0 Å². The lowest BCUT2D eigenvalue weighted by atomic mass is 10.0. The fourth-order valence-electron chi connectivity index (χ4n) is 2.80. The number of halogens is 2. The third kappa shape index (κ3) is 6.02. The monoisotopic (exact) mass is 359 g/mol. The summed E-state index contributed by atoms with van der Waals surface area (Å²) in [6.07, 6.45) is 1.55. The Morgan fingerprint density at radius 1 is 1.33 bits per heavy atom. The maximum atomic E-state index is 13.2. The highest BCUT2D eigenvalue weighted by molar-refractivity contribution is 5.85. The zero-order valence-corrected chi connectivity index (χ0v) is 14.9. The first-order valence-electron chi connectivity index (χ1n) is 8.22. The molecule has 136 valence electrons. The summed E-state index contributed by atoms with van der Waals surface area (Å²) in [7, 11) is 0. The van der Waals surface area contributed by atoms with E-state index >= 15 is 0 Å². The average molecular weight is 360 g/mol. The molecule has 1 aliphatic heterocycles. The van der Waals surface area contributed by atoms with Crippen molar-refractivity contribution in [2.45, 2.75) is 31.8 Å². The van der Waals surface area contributed by atoms with Crippen LogP contribution >= 0.6 is 12.4 Å². The first-order valence-corrected chi connectivity index (χ1v) is 8.22. The summed E-state index contributed by atoms with van der Waals surface area (Å²) in [5, 5.41) is 2.94. The highest BCUT2D eigenvalue weighted by Gasteiger charge is 2.24. The number of morpholine rings is 1. The fourth-order valence-corrected chi connectivity index (χ4v) is 2.80. The van der Waals surface area contributed by atoms with Gasteiger partial charge in [0.15, 0.2) is 0 Å². The summed E-state index contributed by atoms with van der Waals surface area (Å²) in [6.45, 7) is 5.38. The minimum Gasteiger partial charge on any atom is -0.379 e. The van der Waals surface area contributed by atoms with E-state index in [2.05, 4.69) is 10.2 Å². The molecule has 1 aromatic rings. The highest BCUT2D eigenvalue weighted by atomic mass is 35.5. The minimum absolute atomic E-state index is 0. The van der Waals surface area contributed by atoms with E-state index in [0.717, 1.165) is 25.1 Å². The van der Waals surface area contributed by atoms with E-state index in [9.17, 15) is 9.18 Å². The first-order chi connectivity index (χ1) is 11.1. The quantitative estimate of drug-likeness (QED) is 0.779. The van der Waals surface area contributed by atoms with Crippen LogP contribution in [0.25, 0.3) is 0 Å². The molecule has 0 aromatic heterocycles. The summed E-state index contributed by atoms with van der Waals surface area (Å²) in [5.74, 6) is -0.393. The van der Waals surface area contributed by atoms with Crippen molar-refractivity contribution in [3.63, 3.8) is 0 Å². The van der Waals surface area contributed by atoms with Crippen LogP contribution < -0.4 is 11.1 Å². The van der Waals surface area contributed by atoms with Gasteiger partial charge in [-0.05, 0) is 24.1 Å². The number of nitrogens with zero attached hydrogens (tertiary/aromatic N) is 1.